The summed E-state index contributed by atoms with van der Waals surface area (Å²) in [7, 11) is 1.27. The van der Waals surface area contributed by atoms with Gasteiger partial charge < -0.3 is 15.0 Å². The lowest BCUT2D eigenvalue weighted by Crippen LogP contribution is -2.39. The molecule has 1 aromatic carbocycles. The van der Waals surface area contributed by atoms with Crippen molar-refractivity contribution in [3.63, 3.8) is 0 Å². The number of nitro groups is 1. The van der Waals surface area contributed by atoms with E-state index in [1.807, 2.05) is 0 Å². The Hall–Kier alpha value is -2.85. The molecule has 0 aliphatic heterocycles. The summed E-state index contributed by atoms with van der Waals surface area (Å²) in [6.07, 6.45) is -2.88. The van der Waals surface area contributed by atoms with Crippen LogP contribution < -0.4 is 10.1 Å². The van der Waals surface area contributed by atoms with Crippen LogP contribution in [0.5, 0.6) is 5.75 Å². The summed E-state index contributed by atoms with van der Waals surface area (Å²) in [6, 6.07) is 2.80. The highest BCUT2D eigenvalue weighted by atomic mass is 19.4. The van der Waals surface area contributed by atoms with E-state index in [9.17, 15) is 32.9 Å². The molecular formula is C15H16F3N3O5. The fourth-order valence-corrected chi connectivity index (χ4v) is 2.09. The van der Waals surface area contributed by atoms with Crippen molar-refractivity contribution < 1.29 is 32.4 Å². The molecule has 2 rings (SSSR count). The van der Waals surface area contributed by atoms with Gasteiger partial charge in [-0.15, -0.1) is 0 Å². The van der Waals surface area contributed by atoms with E-state index in [1.54, 1.807) is 0 Å². The van der Waals surface area contributed by atoms with Gasteiger partial charge in [0.25, 0.3) is 11.6 Å². The van der Waals surface area contributed by atoms with Gasteiger partial charge in [0.1, 0.15) is 11.3 Å². The summed E-state index contributed by atoms with van der Waals surface area (Å²) >= 11 is 0. The minimum absolute atomic E-state index is 0.0828. The van der Waals surface area contributed by atoms with E-state index >= 15 is 0 Å². The first-order valence-electron chi connectivity index (χ1n) is 7.59. The van der Waals surface area contributed by atoms with Crippen LogP contribution in [0.4, 0.5) is 18.9 Å². The summed E-state index contributed by atoms with van der Waals surface area (Å²) in [6.45, 7) is -1.93. The van der Waals surface area contributed by atoms with Crippen molar-refractivity contribution in [2.75, 3.05) is 20.2 Å². The van der Waals surface area contributed by atoms with Crippen molar-refractivity contribution in [3.8, 4) is 5.75 Å². The van der Waals surface area contributed by atoms with Crippen LogP contribution in [0.3, 0.4) is 0 Å². The standard InChI is InChI=1S/C15H16F3N3O5/c1-20(7-13(22)19-9-2-3-9)14(23)11-6-10(26-8-15(16,17)18)4-5-12(11)21(24)25/h4-6,9H,2-3,7-8H2,1H3,(H,19,22). The molecule has 1 N–H and O–H groups in total. The number of likely N-dealkylation sites (N-methyl/N-ethyl adjacent to an activating group) is 1. The van der Waals surface area contributed by atoms with E-state index < -0.39 is 40.8 Å². The molecule has 0 unspecified atom stereocenters. The van der Waals surface area contributed by atoms with Crippen LogP contribution in [0.2, 0.25) is 0 Å². The number of rotatable bonds is 7. The summed E-state index contributed by atoms with van der Waals surface area (Å²) in [4.78, 5) is 35.4. The first-order valence-corrected chi connectivity index (χ1v) is 7.59. The molecule has 11 heteroatoms. The predicted molar refractivity (Wildman–Crippen MR) is 82.8 cm³/mol. The zero-order chi connectivity index (χ0) is 19.5. The minimum Gasteiger partial charge on any atom is -0.484 e. The second kappa shape index (κ2) is 7.58. The first-order chi connectivity index (χ1) is 12.1. The molecule has 0 atom stereocenters. The van der Waals surface area contributed by atoms with Gasteiger partial charge in [-0.1, -0.05) is 0 Å². The molecule has 1 saturated carbocycles. The number of nitro benzene ring substituents is 1. The molecule has 1 fully saturated rings. The lowest BCUT2D eigenvalue weighted by molar-refractivity contribution is -0.385. The van der Waals surface area contributed by atoms with Crippen molar-refractivity contribution in [3.05, 3.63) is 33.9 Å². The average molecular weight is 375 g/mol. The molecular weight excluding hydrogens is 359 g/mol. The van der Waals surface area contributed by atoms with E-state index in [1.165, 1.54) is 7.05 Å². The van der Waals surface area contributed by atoms with Crippen molar-refractivity contribution in [2.45, 2.75) is 25.1 Å². The van der Waals surface area contributed by atoms with E-state index in [4.69, 9.17) is 0 Å². The Bertz CT molecular complexity index is 719. The van der Waals surface area contributed by atoms with Gasteiger partial charge in [0.15, 0.2) is 6.61 Å². The maximum absolute atomic E-state index is 12.4. The Kier molecular flexibility index (Phi) is 5.68. The van der Waals surface area contributed by atoms with Crippen LogP contribution in [0.15, 0.2) is 18.2 Å². The van der Waals surface area contributed by atoms with Crippen molar-refractivity contribution >= 4 is 17.5 Å². The molecule has 0 aromatic heterocycles. The molecule has 0 heterocycles. The van der Waals surface area contributed by atoms with Gasteiger partial charge in [-0.2, -0.15) is 13.2 Å². The number of nitrogens with zero attached hydrogens (tertiary/aromatic N) is 2. The van der Waals surface area contributed by atoms with Gasteiger partial charge in [-0.3, -0.25) is 19.7 Å². The minimum atomic E-state index is -4.59. The Morgan fingerprint density at radius 1 is 1.38 bits per heavy atom. The molecule has 1 aliphatic carbocycles. The van der Waals surface area contributed by atoms with E-state index in [-0.39, 0.29) is 18.3 Å². The van der Waals surface area contributed by atoms with Gasteiger partial charge in [0, 0.05) is 19.2 Å². The number of halogens is 3. The van der Waals surface area contributed by atoms with Crippen molar-refractivity contribution in [1.29, 1.82) is 0 Å². The normalized spacial score (nSPS) is 13.8. The quantitative estimate of drug-likeness (QED) is 0.579. The third kappa shape index (κ3) is 5.60. The van der Waals surface area contributed by atoms with Crippen LogP contribution in [0.1, 0.15) is 23.2 Å². The van der Waals surface area contributed by atoms with Crippen LogP contribution in [0, 0.1) is 10.1 Å². The molecule has 0 bridgehead atoms. The molecule has 0 radical (unpaired) electrons. The maximum Gasteiger partial charge on any atom is 0.422 e. The number of benzene rings is 1. The van der Waals surface area contributed by atoms with Gasteiger partial charge in [0.2, 0.25) is 5.91 Å². The molecule has 142 valence electrons. The second-order valence-electron chi connectivity index (χ2n) is 5.84. The number of ether oxygens (including phenoxy) is 1. The van der Waals surface area contributed by atoms with E-state index in [0.717, 1.165) is 35.9 Å². The zero-order valence-electron chi connectivity index (χ0n) is 13.7. The molecule has 26 heavy (non-hydrogen) atoms. The number of carbonyl (C=O) groups is 2. The topological polar surface area (TPSA) is 102 Å². The number of carbonyl (C=O) groups excluding carboxylic acids is 2. The number of hydrogen-bond acceptors (Lipinski definition) is 5. The molecule has 2 amide bonds. The number of nitrogens with one attached hydrogen (secondary N) is 1. The Morgan fingerprint density at radius 2 is 2.04 bits per heavy atom. The van der Waals surface area contributed by atoms with Gasteiger partial charge in [-0.05, 0) is 25.0 Å². The maximum atomic E-state index is 12.4. The number of amides is 2. The fourth-order valence-electron chi connectivity index (χ4n) is 2.09. The highest BCUT2D eigenvalue weighted by Gasteiger charge is 2.30. The Morgan fingerprint density at radius 3 is 2.58 bits per heavy atom. The predicted octanol–water partition coefficient (Wildman–Crippen LogP) is 1.89. The van der Waals surface area contributed by atoms with Crippen molar-refractivity contribution in [1.82, 2.24) is 10.2 Å². The third-order valence-electron chi connectivity index (χ3n) is 3.47. The molecule has 1 aliphatic rings. The molecule has 1 aromatic rings. The Labute approximate surface area is 146 Å². The summed E-state index contributed by atoms with van der Waals surface area (Å²) in [5.74, 6) is -1.64. The second-order valence-corrected chi connectivity index (χ2v) is 5.84. The average Bonchev–Trinajstić information content (AvgIpc) is 3.34. The summed E-state index contributed by atoms with van der Waals surface area (Å²) in [5.41, 5.74) is -1.06. The lowest BCUT2D eigenvalue weighted by atomic mass is 10.1. The first kappa shape index (κ1) is 19.5. The van der Waals surface area contributed by atoms with Crippen LogP contribution in [-0.2, 0) is 4.79 Å². The molecule has 8 nitrogen and oxygen atoms in total. The smallest absolute Gasteiger partial charge is 0.422 e. The summed E-state index contributed by atoms with van der Waals surface area (Å²) < 4.78 is 41.2. The largest absolute Gasteiger partial charge is 0.484 e. The van der Waals surface area contributed by atoms with E-state index in [0.29, 0.717) is 0 Å². The van der Waals surface area contributed by atoms with Crippen LogP contribution in [0.25, 0.3) is 0 Å². The SMILES string of the molecule is CN(CC(=O)NC1CC1)C(=O)c1cc(OCC(F)(F)F)ccc1[N+](=O)[O-]. The fraction of sp³-hybridized carbons (Fsp3) is 0.467. The highest BCUT2D eigenvalue weighted by Crippen LogP contribution is 2.27. The monoisotopic (exact) mass is 375 g/mol. The zero-order valence-corrected chi connectivity index (χ0v) is 13.7. The van der Waals surface area contributed by atoms with Gasteiger partial charge in [-0.25, -0.2) is 0 Å². The van der Waals surface area contributed by atoms with Crippen LogP contribution in [-0.4, -0.2) is 54.1 Å². The highest BCUT2D eigenvalue weighted by molar-refractivity contribution is 6.00. The molecule has 0 spiro atoms. The lowest BCUT2D eigenvalue weighted by Gasteiger charge is -2.17. The summed E-state index contributed by atoms with van der Waals surface area (Å²) in [5, 5.41) is 13.7. The van der Waals surface area contributed by atoms with Crippen LogP contribution >= 0.6 is 0 Å². The number of hydrogen-bond donors (Lipinski definition) is 1. The van der Waals surface area contributed by atoms with Gasteiger partial charge >= 0.3 is 6.18 Å². The van der Waals surface area contributed by atoms with Crippen molar-refractivity contribution in [2.24, 2.45) is 0 Å². The Balaban J connectivity index is 2.15. The van der Waals surface area contributed by atoms with E-state index in [2.05, 4.69) is 10.1 Å². The molecule has 0 saturated heterocycles. The van der Waals surface area contributed by atoms with Gasteiger partial charge in [0.05, 0.1) is 11.5 Å². The number of alkyl halides is 3. The third-order valence-corrected chi connectivity index (χ3v) is 3.47.